The highest BCUT2D eigenvalue weighted by molar-refractivity contribution is 6.01. The van der Waals surface area contributed by atoms with Crippen LogP contribution in [0.3, 0.4) is 0 Å². The number of amides is 1. The second-order valence-electron chi connectivity index (χ2n) is 7.66. The maximum Gasteiger partial charge on any atom is 0.248 e. The van der Waals surface area contributed by atoms with Gasteiger partial charge in [0.05, 0.1) is 11.9 Å². The zero-order chi connectivity index (χ0) is 20.8. The summed E-state index contributed by atoms with van der Waals surface area (Å²) in [5.74, 6) is -0.154. The molecule has 0 saturated carbocycles. The quantitative estimate of drug-likeness (QED) is 0.644. The van der Waals surface area contributed by atoms with Crippen LogP contribution in [-0.2, 0) is 11.3 Å². The van der Waals surface area contributed by atoms with Gasteiger partial charge in [-0.05, 0) is 43.0 Å². The first-order valence-electron chi connectivity index (χ1n) is 10.2. The first-order chi connectivity index (χ1) is 14.7. The molecular weight excluding hydrogens is 374 g/mol. The lowest BCUT2D eigenvalue weighted by molar-refractivity contribution is -0.111. The molecule has 4 rings (SSSR count). The second kappa shape index (κ2) is 9.52. The van der Waals surface area contributed by atoms with Gasteiger partial charge in [0.25, 0.3) is 0 Å². The van der Waals surface area contributed by atoms with E-state index in [1.165, 1.54) is 5.56 Å². The molecule has 2 aromatic carbocycles. The van der Waals surface area contributed by atoms with Gasteiger partial charge in [-0.1, -0.05) is 30.3 Å². The maximum atomic E-state index is 12.4. The number of likely N-dealkylation sites (N-methyl/N-ethyl adjacent to an activating group) is 1. The molecule has 1 amide bonds. The van der Waals surface area contributed by atoms with Crippen molar-refractivity contribution in [1.82, 2.24) is 19.6 Å². The van der Waals surface area contributed by atoms with E-state index in [4.69, 9.17) is 0 Å². The van der Waals surface area contributed by atoms with Gasteiger partial charge in [-0.15, -0.1) is 0 Å². The Morgan fingerprint density at radius 2 is 1.87 bits per heavy atom. The smallest absolute Gasteiger partial charge is 0.248 e. The lowest BCUT2D eigenvalue weighted by Crippen LogP contribution is -2.43. The number of carbonyl (C=O) groups excluding carboxylic acids is 1. The summed E-state index contributed by atoms with van der Waals surface area (Å²) in [4.78, 5) is 17.2. The number of nitrogens with zero attached hydrogens (tertiary/aromatic N) is 4. The van der Waals surface area contributed by atoms with Crippen LogP contribution in [0.1, 0.15) is 11.1 Å². The molecule has 0 bridgehead atoms. The standard InChI is InChI=1S/C24H27N5O/c1-27-12-14-28(15-13-27)18-20-6-5-7-22(16-20)26-24(30)11-10-21-17-25-29(19-21)23-8-3-2-4-9-23/h2-11,16-17,19H,12-15,18H2,1H3,(H,26,30)/b11-10+. The van der Waals surface area contributed by atoms with E-state index in [2.05, 4.69) is 39.4 Å². The Morgan fingerprint density at radius 3 is 2.67 bits per heavy atom. The van der Waals surface area contributed by atoms with Crippen LogP contribution in [0.25, 0.3) is 11.8 Å². The average Bonchev–Trinajstić information content (AvgIpc) is 3.24. The summed E-state index contributed by atoms with van der Waals surface area (Å²) in [6, 6.07) is 18.0. The number of carbonyl (C=O) groups is 1. The summed E-state index contributed by atoms with van der Waals surface area (Å²) in [6.45, 7) is 5.26. The van der Waals surface area contributed by atoms with Crippen molar-refractivity contribution in [1.29, 1.82) is 0 Å². The number of nitrogens with one attached hydrogen (secondary N) is 1. The van der Waals surface area contributed by atoms with Crippen molar-refractivity contribution in [3.8, 4) is 5.69 Å². The molecular formula is C24H27N5O. The molecule has 0 atom stereocenters. The Kier molecular flexibility index (Phi) is 6.37. The minimum absolute atomic E-state index is 0.154. The summed E-state index contributed by atoms with van der Waals surface area (Å²) in [6.07, 6.45) is 6.96. The van der Waals surface area contributed by atoms with Crippen LogP contribution in [0, 0.1) is 0 Å². The number of hydrogen-bond donors (Lipinski definition) is 1. The molecule has 6 heteroatoms. The molecule has 1 aliphatic rings. The van der Waals surface area contributed by atoms with Crippen LogP contribution in [0.2, 0.25) is 0 Å². The van der Waals surface area contributed by atoms with Crippen LogP contribution < -0.4 is 5.32 Å². The molecule has 0 unspecified atom stereocenters. The van der Waals surface area contributed by atoms with E-state index < -0.39 is 0 Å². The van der Waals surface area contributed by atoms with Crippen LogP contribution in [0.5, 0.6) is 0 Å². The molecule has 0 aliphatic carbocycles. The molecule has 6 nitrogen and oxygen atoms in total. The van der Waals surface area contributed by atoms with Crippen molar-refractivity contribution < 1.29 is 4.79 Å². The Bertz CT molecular complexity index is 1000. The van der Waals surface area contributed by atoms with Gasteiger partial charge in [0.15, 0.2) is 0 Å². The molecule has 3 aromatic rings. The Labute approximate surface area is 177 Å². The highest BCUT2D eigenvalue weighted by atomic mass is 16.1. The summed E-state index contributed by atoms with van der Waals surface area (Å²) in [7, 11) is 2.16. The summed E-state index contributed by atoms with van der Waals surface area (Å²) < 4.78 is 1.79. The summed E-state index contributed by atoms with van der Waals surface area (Å²) in [5.41, 5.74) is 3.89. The minimum Gasteiger partial charge on any atom is -0.323 e. The van der Waals surface area contributed by atoms with Gasteiger partial charge in [-0.2, -0.15) is 5.10 Å². The van der Waals surface area contributed by atoms with Gasteiger partial charge in [0.1, 0.15) is 0 Å². The van der Waals surface area contributed by atoms with Gasteiger partial charge < -0.3 is 10.2 Å². The third-order valence-corrected chi connectivity index (χ3v) is 5.25. The van der Waals surface area contributed by atoms with E-state index in [1.807, 2.05) is 48.7 Å². The van der Waals surface area contributed by atoms with E-state index in [9.17, 15) is 4.79 Å². The topological polar surface area (TPSA) is 53.4 Å². The molecule has 1 N–H and O–H groups in total. The van der Waals surface area contributed by atoms with Crippen molar-refractivity contribution in [3.63, 3.8) is 0 Å². The fourth-order valence-electron chi connectivity index (χ4n) is 3.51. The fraction of sp³-hybridized carbons (Fsp3) is 0.250. The zero-order valence-electron chi connectivity index (χ0n) is 17.2. The third kappa shape index (κ3) is 5.43. The van der Waals surface area contributed by atoms with Gasteiger partial charge in [-0.3, -0.25) is 9.69 Å². The van der Waals surface area contributed by atoms with Crippen LogP contribution in [0.15, 0.2) is 73.1 Å². The number of para-hydroxylation sites is 1. The lowest BCUT2D eigenvalue weighted by Gasteiger charge is -2.32. The molecule has 1 fully saturated rings. The molecule has 30 heavy (non-hydrogen) atoms. The highest BCUT2D eigenvalue weighted by Gasteiger charge is 2.14. The zero-order valence-corrected chi connectivity index (χ0v) is 17.2. The van der Waals surface area contributed by atoms with Crippen LogP contribution >= 0.6 is 0 Å². The molecule has 1 aromatic heterocycles. The second-order valence-corrected chi connectivity index (χ2v) is 7.66. The molecule has 1 saturated heterocycles. The van der Waals surface area contributed by atoms with Crippen molar-refractivity contribution in [2.75, 3.05) is 38.5 Å². The van der Waals surface area contributed by atoms with Gasteiger partial charge in [0, 0.05) is 56.2 Å². The van der Waals surface area contributed by atoms with E-state index in [-0.39, 0.29) is 5.91 Å². The van der Waals surface area contributed by atoms with Crippen LogP contribution in [-0.4, -0.2) is 58.7 Å². The summed E-state index contributed by atoms with van der Waals surface area (Å²) in [5, 5.41) is 7.30. The maximum absolute atomic E-state index is 12.4. The summed E-state index contributed by atoms with van der Waals surface area (Å²) >= 11 is 0. The fourth-order valence-corrected chi connectivity index (χ4v) is 3.51. The van der Waals surface area contributed by atoms with Gasteiger partial charge in [0.2, 0.25) is 5.91 Å². The van der Waals surface area contributed by atoms with Gasteiger partial charge >= 0.3 is 0 Å². The minimum atomic E-state index is -0.154. The van der Waals surface area contributed by atoms with Crippen molar-refractivity contribution in [3.05, 3.63) is 84.2 Å². The lowest BCUT2D eigenvalue weighted by atomic mass is 10.1. The first-order valence-corrected chi connectivity index (χ1v) is 10.2. The SMILES string of the molecule is CN1CCN(Cc2cccc(NC(=O)/C=C/c3cnn(-c4ccccc4)c3)c2)CC1. The number of anilines is 1. The molecule has 154 valence electrons. The first kappa shape index (κ1) is 20.1. The average molecular weight is 402 g/mol. The Balaban J connectivity index is 1.33. The van der Waals surface area contributed by atoms with Crippen molar-refractivity contribution >= 4 is 17.7 Å². The molecule has 2 heterocycles. The highest BCUT2D eigenvalue weighted by Crippen LogP contribution is 2.14. The third-order valence-electron chi connectivity index (χ3n) is 5.25. The number of aromatic nitrogens is 2. The molecule has 0 spiro atoms. The number of rotatable bonds is 6. The van der Waals surface area contributed by atoms with E-state index in [0.29, 0.717) is 0 Å². The number of benzene rings is 2. The predicted octanol–water partition coefficient (Wildman–Crippen LogP) is 3.27. The van der Waals surface area contributed by atoms with Crippen molar-refractivity contribution in [2.24, 2.45) is 0 Å². The van der Waals surface area contributed by atoms with Gasteiger partial charge in [-0.25, -0.2) is 4.68 Å². The van der Waals surface area contributed by atoms with E-state index in [1.54, 1.807) is 23.0 Å². The van der Waals surface area contributed by atoms with E-state index >= 15 is 0 Å². The van der Waals surface area contributed by atoms with E-state index in [0.717, 1.165) is 49.7 Å². The normalized spacial score (nSPS) is 15.5. The number of hydrogen-bond acceptors (Lipinski definition) is 4. The monoisotopic (exact) mass is 401 g/mol. The number of piperazine rings is 1. The largest absolute Gasteiger partial charge is 0.323 e. The Morgan fingerprint density at radius 1 is 1.07 bits per heavy atom. The Hall–Kier alpha value is -3.22. The predicted molar refractivity (Wildman–Crippen MR) is 120 cm³/mol. The molecule has 1 aliphatic heterocycles. The molecule has 0 radical (unpaired) electrons. The van der Waals surface area contributed by atoms with Crippen molar-refractivity contribution in [2.45, 2.75) is 6.54 Å². The van der Waals surface area contributed by atoms with Crippen LogP contribution in [0.4, 0.5) is 5.69 Å².